The summed E-state index contributed by atoms with van der Waals surface area (Å²) >= 11 is 0. The molecule has 0 saturated heterocycles. The fraction of sp³-hybridized carbons (Fsp3) is 0.308. The van der Waals surface area contributed by atoms with Gasteiger partial charge in [0.1, 0.15) is 0 Å². The number of benzene rings is 1. The van der Waals surface area contributed by atoms with Gasteiger partial charge in [-0.25, -0.2) is 0 Å². The number of nitrogens with zero attached hydrogens (tertiary/aromatic N) is 1. The molecule has 0 N–H and O–H groups in total. The van der Waals surface area contributed by atoms with E-state index in [2.05, 4.69) is 31.7 Å². The van der Waals surface area contributed by atoms with Gasteiger partial charge in [-0.05, 0) is 30.5 Å². The Kier molecular flexibility index (Phi) is 2.58. The van der Waals surface area contributed by atoms with E-state index in [1.807, 2.05) is 11.0 Å². The van der Waals surface area contributed by atoms with E-state index < -0.39 is 0 Å². The number of fused-ring (bicyclic) bond motifs is 1. The molecule has 1 heterocycles. The minimum atomic E-state index is 0.0250. The Morgan fingerprint density at radius 2 is 2.27 bits per heavy atom. The first kappa shape index (κ1) is 9.97. The van der Waals surface area contributed by atoms with Crippen molar-refractivity contribution in [2.45, 2.75) is 19.4 Å². The average Bonchev–Trinajstić information content (AvgIpc) is 2.29. The Labute approximate surface area is 90.2 Å². The summed E-state index contributed by atoms with van der Waals surface area (Å²) in [5.41, 5.74) is 2.62. The molecule has 1 aromatic rings. The molecule has 2 heteroatoms. The molecule has 0 fully saturated rings. The lowest BCUT2D eigenvalue weighted by molar-refractivity contribution is -0.128. The SMILES string of the molecule is C=CC(=O)N1CCc2ccccc2[C@H]1C. The predicted octanol–water partition coefficient (Wildman–Crippen LogP) is 2.32. The Bertz CT molecular complexity index is 397. The molecule has 0 unspecified atom stereocenters. The van der Waals surface area contributed by atoms with Gasteiger partial charge < -0.3 is 4.90 Å². The highest BCUT2D eigenvalue weighted by molar-refractivity contribution is 5.87. The second-order valence-corrected chi connectivity index (χ2v) is 3.86. The fourth-order valence-corrected chi connectivity index (χ4v) is 2.19. The summed E-state index contributed by atoms with van der Waals surface area (Å²) in [7, 11) is 0. The second-order valence-electron chi connectivity index (χ2n) is 3.86. The Hall–Kier alpha value is -1.57. The van der Waals surface area contributed by atoms with Crippen molar-refractivity contribution in [2.24, 2.45) is 0 Å². The lowest BCUT2D eigenvalue weighted by Gasteiger charge is -2.34. The lowest BCUT2D eigenvalue weighted by Crippen LogP contribution is -2.37. The van der Waals surface area contributed by atoms with Crippen molar-refractivity contribution in [2.75, 3.05) is 6.54 Å². The van der Waals surface area contributed by atoms with Crippen LogP contribution in [0.4, 0.5) is 0 Å². The maximum absolute atomic E-state index is 11.6. The third kappa shape index (κ3) is 1.67. The van der Waals surface area contributed by atoms with Gasteiger partial charge in [-0.3, -0.25) is 4.79 Å². The van der Waals surface area contributed by atoms with Crippen molar-refractivity contribution in [1.29, 1.82) is 0 Å². The van der Waals surface area contributed by atoms with Crippen molar-refractivity contribution in [3.63, 3.8) is 0 Å². The molecule has 78 valence electrons. The minimum Gasteiger partial charge on any atom is -0.332 e. The van der Waals surface area contributed by atoms with E-state index in [-0.39, 0.29) is 11.9 Å². The van der Waals surface area contributed by atoms with Crippen LogP contribution in [0.25, 0.3) is 0 Å². The number of hydrogen-bond acceptors (Lipinski definition) is 1. The zero-order chi connectivity index (χ0) is 10.8. The summed E-state index contributed by atoms with van der Waals surface area (Å²) < 4.78 is 0. The smallest absolute Gasteiger partial charge is 0.246 e. The van der Waals surface area contributed by atoms with Gasteiger partial charge in [0.05, 0.1) is 6.04 Å². The van der Waals surface area contributed by atoms with Gasteiger partial charge in [-0.1, -0.05) is 30.8 Å². The van der Waals surface area contributed by atoms with Crippen molar-refractivity contribution < 1.29 is 4.79 Å². The molecule has 1 amide bonds. The molecule has 1 aliphatic rings. The van der Waals surface area contributed by atoms with Crippen LogP contribution in [0.15, 0.2) is 36.9 Å². The van der Waals surface area contributed by atoms with Gasteiger partial charge in [-0.15, -0.1) is 0 Å². The van der Waals surface area contributed by atoms with Crippen LogP contribution in [0.3, 0.4) is 0 Å². The molecule has 15 heavy (non-hydrogen) atoms. The summed E-state index contributed by atoms with van der Waals surface area (Å²) in [6.07, 6.45) is 2.34. The molecular formula is C13H15NO. The highest BCUT2D eigenvalue weighted by Crippen LogP contribution is 2.28. The summed E-state index contributed by atoms with van der Waals surface area (Å²) in [4.78, 5) is 13.5. The third-order valence-electron chi connectivity index (χ3n) is 3.05. The van der Waals surface area contributed by atoms with Gasteiger partial charge >= 0.3 is 0 Å². The molecule has 1 aromatic carbocycles. The zero-order valence-electron chi connectivity index (χ0n) is 8.94. The molecule has 0 saturated carbocycles. The molecule has 2 nitrogen and oxygen atoms in total. The maximum Gasteiger partial charge on any atom is 0.246 e. The number of rotatable bonds is 1. The number of hydrogen-bond donors (Lipinski definition) is 0. The quantitative estimate of drug-likeness (QED) is 0.638. The molecule has 2 rings (SSSR count). The number of amides is 1. The lowest BCUT2D eigenvalue weighted by atomic mass is 9.93. The normalized spacial score (nSPS) is 19.5. The molecule has 1 aliphatic heterocycles. The van der Waals surface area contributed by atoms with Crippen molar-refractivity contribution in [3.05, 3.63) is 48.0 Å². The number of carbonyl (C=O) groups excluding carboxylic acids is 1. The van der Waals surface area contributed by atoms with Gasteiger partial charge in [0.15, 0.2) is 0 Å². The van der Waals surface area contributed by atoms with E-state index in [0.29, 0.717) is 0 Å². The molecular weight excluding hydrogens is 186 g/mol. The Morgan fingerprint density at radius 3 is 3.00 bits per heavy atom. The zero-order valence-corrected chi connectivity index (χ0v) is 8.94. The van der Waals surface area contributed by atoms with Crippen LogP contribution < -0.4 is 0 Å². The van der Waals surface area contributed by atoms with Crippen molar-refractivity contribution in [3.8, 4) is 0 Å². The van der Waals surface area contributed by atoms with Crippen LogP contribution in [0, 0.1) is 0 Å². The molecule has 0 radical (unpaired) electrons. The van der Waals surface area contributed by atoms with E-state index in [1.165, 1.54) is 17.2 Å². The van der Waals surface area contributed by atoms with Crippen LogP contribution >= 0.6 is 0 Å². The van der Waals surface area contributed by atoms with Crippen molar-refractivity contribution in [1.82, 2.24) is 4.90 Å². The predicted molar refractivity (Wildman–Crippen MR) is 60.5 cm³/mol. The first-order valence-corrected chi connectivity index (χ1v) is 5.25. The van der Waals surface area contributed by atoms with Crippen LogP contribution in [0.5, 0.6) is 0 Å². The van der Waals surface area contributed by atoms with E-state index in [4.69, 9.17) is 0 Å². The number of carbonyl (C=O) groups is 1. The average molecular weight is 201 g/mol. The van der Waals surface area contributed by atoms with Gasteiger partial charge in [0.2, 0.25) is 5.91 Å². The van der Waals surface area contributed by atoms with E-state index >= 15 is 0 Å². The molecule has 0 spiro atoms. The first-order valence-electron chi connectivity index (χ1n) is 5.25. The third-order valence-corrected chi connectivity index (χ3v) is 3.05. The fourth-order valence-electron chi connectivity index (χ4n) is 2.19. The highest BCUT2D eigenvalue weighted by atomic mass is 16.2. The summed E-state index contributed by atoms with van der Waals surface area (Å²) in [5, 5.41) is 0. The van der Waals surface area contributed by atoms with E-state index in [9.17, 15) is 4.79 Å². The van der Waals surface area contributed by atoms with E-state index in [0.717, 1.165) is 13.0 Å². The Morgan fingerprint density at radius 1 is 1.53 bits per heavy atom. The second kappa shape index (κ2) is 3.89. The standard InChI is InChI=1S/C13H15NO/c1-3-13(15)14-9-8-11-6-4-5-7-12(11)10(14)2/h3-7,10H,1,8-9H2,2H3/t10-/m1/s1. The summed E-state index contributed by atoms with van der Waals surface area (Å²) in [6, 6.07) is 8.48. The van der Waals surface area contributed by atoms with Crippen LogP contribution in [-0.2, 0) is 11.2 Å². The van der Waals surface area contributed by atoms with Crippen LogP contribution in [0.1, 0.15) is 24.1 Å². The molecule has 1 atom stereocenters. The topological polar surface area (TPSA) is 20.3 Å². The van der Waals surface area contributed by atoms with Crippen LogP contribution in [-0.4, -0.2) is 17.4 Å². The molecule has 0 aromatic heterocycles. The Balaban J connectivity index is 2.33. The van der Waals surface area contributed by atoms with Gasteiger partial charge in [0, 0.05) is 6.54 Å². The highest BCUT2D eigenvalue weighted by Gasteiger charge is 2.25. The van der Waals surface area contributed by atoms with E-state index in [1.54, 1.807) is 0 Å². The first-order chi connectivity index (χ1) is 7.24. The summed E-state index contributed by atoms with van der Waals surface area (Å²) in [6.45, 7) is 6.40. The van der Waals surface area contributed by atoms with Gasteiger partial charge in [-0.2, -0.15) is 0 Å². The minimum absolute atomic E-state index is 0.0250. The largest absolute Gasteiger partial charge is 0.332 e. The van der Waals surface area contributed by atoms with Crippen LogP contribution in [0.2, 0.25) is 0 Å². The molecule has 0 aliphatic carbocycles. The maximum atomic E-state index is 11.6. The van der Waals surface area contributed by atoms with Gasteiger partial charge in [0.25, 0.3) is 0 Å². The van der Waals surface area contributed by atoms with Crippen molar-refractivity contribution >= 4 is 5.91 Å². The summed E-state index contributed by atoms with van der Waals surface area (Å²) in [5.74, 6) is 0.0250. The monoisotopic (exact) mass is 201 g/mol. The molecule has 0 bridgehead atoms.